The lowest BCUT2D eigenvalue weighted by molar-refractivity contribution is -0.149. The number of rotatable bonds is 2. The molecule has 1 aromatic rings. The summed E-state index contributed by atoms with van der Waals surface area (Å²) in [6.07, 6.45) is 2.61. The van der Waals surface area contributed by atoms with Crippen molar-refractivity contribution >= 4 is 18.3 Å². The standard InChI is InChI=1S/C20H30N2O2.ClH/c1-14-6-8-15(9-7-14)18-16(5-4-12-24-18)19(23)22-11-10-17(21)20(2,3)13-22;/h6-9,16-18H,4-5,10-13,21H2,1-3H3;1H. The quantitative estimate of drug-likeness (QED) is 0.871. The lowest BCUT2D eigenvalue weighted by Gasteiger charge is -2.44. The molecule has 2 fully saturated rings. The Morgan fingerprint density at radius 2 is 1.92 bits per heavy atom. The van der Waals surface area contributed by atoms with Gasteiger partial charge < -0.3 is 15.4 Å². The molecule has 3 rings (SSSR count). The molecular weight excluding hydrogens is 336 g/mol. The number of piperidine rings is 1. The van der Waals surface area contributed by atoms with Gasteiger partial charge in [-0.15, -0.1) is 12.4 Å². The van der Waals surface area contributed by atoms with Crippen molar-refractivity contribution in [1.29, 1.82) is 0 Å². The molecule has 0 bridgehead atoms. The fourth-order valence-corrected chi connectivity index (χ4v) is 3.92. The molecule has 4 nitrogen and oxygen atoms in total. The van der Waals surface area contributed by atoms with Gasteiger partial charge in [0.15, 0.2) is 0 Å². The lowest BCUT2D eigenvalue weighted by atomic mass is 9.78. The molecule has 2 aliphatic rings. The summed E-state index contributed by atoms with van der Waals surface area (Å²) in [5.74, 6) is 0.159. The maximum absolute atomic E-state index is 13.2. The largest absolute Gasteiger partial charge is 0.373 e. The number of ether oxygens (including phenoxy) is 1. The first kappa shape index (κ1) is 20.2. The maximum atomic E-state index is 13.2. The number of nitrogens with two attached hydrogens (primary N) is 1. The van der Waals surface area contributed by atoms with Crippen molar-refractivity contribution in [2.24, 2.45) is 17.1 Å². The molecule has 25 heavy (non-hydrogen) atoms. The Morgan fingerprint density at radius 1 is 1.24 bits per heavy atom. The highest BCUT2D eigenvalue weighted by atomic mass is 35.5. The Hall–Kier alpha value is -1.10. The molecular formula is C20H31ClN2O2. The van der Waals surface area contributed by atoms with Gasteiger partial charge in [-0.2, -0.15) is 0 Å². The molecule has 2 heterocycles. The molecule has 2 saturated heterocycles. The van der Waals surface area contributed by atoms with Crippen molar-refractivity contribution in [3.8, 4) is 0 Å². The van der Waals surface area contributed by atoms with Crippen LogP contribution in [-0.2, 0) is 9.53 Å². The fraction of sp³-hybridized carbons (Fsp3) is 0.650. The van der Waals surface area contributed by atoms with Gasteiger partial charge in [0.05, 0.1) is 12.0 Å². The van der Waals surface area contributed by atoms with Crippen molar-refractivity contribution in [2.45, 2.75) is 52.2 Å². The van der Waals surface area contributed by atoms with E-state index in [1.807, 2.05) is 4.90 Å². The molecule has 2 aliphatic heterocycles. The van der Waals surface area contributed by atoms with Gasteiger partial charge in [0.25, 0.3) is 0 Å². The average molecular weight is 367 g/mol. The Morgan fingerprint density at radius 3 is 2.56 bits per heavy atom. The van der Waals surface area contributed by atoms with E-state index in [-0.39, 0.29) is 41.8 Å². The molecule has 5 heteroatoms. The summed E-state index contributed by atoms with van der Waals surface area (Å²) in [4.78, 5) is 15.2. The Bertz CT molecular complexity index is 588. The van der Waals surface area contributed by atoms with E-state index in [9.17, 15) is 4.79 Å². The summed E-state index contributed by atoms with van der Waals surface area (Å²) >= 11 is 0. The zero-order valence-corrected chi connectivity index (χ0v) is 16.3. The molecule has 2 N–H and O–H groups in total. The summed E-state index contributed by atoms with van der Waals surface area (Å²) in [6.45, 7) is 8.63. The summed E-state index contributed by atoms with van der Waals surface area (Å²) in [5, 5.41) is 0. The van der Waals surface area contributed by atoms with Crippen LogP contribution in [0.3, 0.4) is 0 Å². The Kier molecular flexibility index (Phi) is 6.52. The van der Waals surface area contributed by atoms with Crippen LogP contribution >= 0.6 is 12.4 Å². The van der Waals surface area contributed by atoms with Crippen LogP contribution in [0.2, 0.25) is 0 Å². The molecule has 140 valence electrons. The van der Waals surface area contributed by atoms with Crippen molar-refractivity contribution in [1.82, 2.24) is 4.90 Å². The Balaban J connectivity index is 0.00000225. The number of aryl methyl sites for hydroxylation is 1. The van der Waals surface area contributed by atoms with Gasteiger partial charge in [-0.05, 0) is 37.2 Å². The zero-order chi connectivity index (χ0) is 17.3. The van der Waals surface area contributed by atoms with Gasteiger partial charge in [-0.25, -0.2) is 0 Å². The van der Waals surface area contributed by atoms with Gasteiger partial charge >= 0.3 is 0 Å². The summed E-state index contributed by atoms with van der Waals surface area (Å²) in [7, 11) is 0. The van der Waals surface area contributed by atoms with Crippen molar-refractivity contribution < 1.29 is 9.53 Å². The first-order chi connectivity index (χ1) is 11.4. The van der Waals surface area contributed by atoms with Crippen LogP contribution in [0.5, 0.6) is 0 Å². The number of carbonyl (C=O) groups is 1. The van der Waals surface area contributed by atoms with Gasteiger partial charge in [-0.3, -0.25) is 4.79 Å². The van der Waals surface area contributed by atoms with E-state index in [1.54, 1.807) is 0 Å². The molecule has 0 radical (unpaired) electrons. The van der Waals surface area contributed by atoms with Crippen molar-refractivity contribution in [2.75, 3.05) is 19.7 Å². The van der Waals surface area contributed by atoms with Crippen LogP contribution in [0.25, 0.3) is 0 Å². The fourth-order valence-electron chi connectivity index (χ4n) is 3.92. The highest BCUT2D eigenvalue weighted by molar-refractivity contribution is 5.85. The number of nitrogens with zero attached hydrogens (tertiary/aromatic N) is 1. The second-order valence-corrected chi connectivity index (χ2v) is 8.09. The van der Waals surface area contributed by atoms with E-state index in [2.05, 4.69) is 45.0 Å². The number of carbonyl (C=O) groups excluding carboxylic acids is 1. The van der Waals surface area contributed by atoms with E-state index in [0.717, 1.165) is 44.5 Å². The molecule has 1 aromatic carbocycles. The highest BCUT2D eigenvalue weighted by Crippen LogP contribution is 2.37. The predicted octanol–water partition coefficient (Wildman–Crippen LogP) is 3.47. The zero-order valence-electron chi connectivity index (χ0n) is 15.5. The van der Waals surface area contributed by atoms with E-state index < -0.39 is 0 Å². The molecule has 0 spiro atoms. The Labute approximate surface area is 157 Å². The number of amides is 1. The van der Waals surface area contributed by atoms with Gasteiger partial charge in [-0.1, -0.05) is 43.7 Å². The van der Waals surface area contributed by atoms with Crippen LogP contribution in [0, 0.1) is 18.3 Å². The van der Waals surface area contributed by atoms with Crippen LogP contribution in [0.15, 0.2) is 24.3 Å². The van der Waals surface area contributed by atoms with Gasteiger partial charge in [0, 0.05) is 25.7 Å². The van der Waals surface area contributed by atoms with E-state index >= 15 is 0 Å². The van der Waals surface area contributed by atoms with E-state index in [1.165, 1.54) is 5.56 Å². The van der Waals surface area contributed by atoms with Gasteiger partial charge in [0.2, 0.25) is 5.91 Å². The van der Waals surface area contributed by atoms with Crippen molar-refractivity contribution in [3.05, 3.63) is 35.4 Å². The first-order valence-corrected chi connectivity index (χ1v) is 9.11. The molecule has 3 unspecified atom stereocenters. The highest BCUT2D eigenvalue weighted by Gasteiger charge is 2.40. The SMILES string of the molecule is Cc1ccc(C2OCCCC2C(=O)N2CCC(N)C(C)(C)C2)cc1.Cl. The lowest BCUT2D eigenvalue weighted by Crippen LogP contribution is -2.55. The number of halogens is 1. The molecule has 0 saturated carbocycles. The molecule has 1 amide bonds. The summed E-state index contributed by atoms with van der Waals surface area (Å²) < 4.78 is 6.03. The van der Waals surface area contributed by atoms with Crippen LogP contribution in [0.1, 0.15) is 50.3 Å². The third-order valence-corrected chi connectivity index (χ3v) is 5.67. The van der Waals surface area contributed by atoms with E-state index in [0.29, 0.717) is 0 Å². The third kappa shape index (κ3) is 4.36. The second-order valence-electron chi connectivity index (χ2n) is 8.09. The van der Waals surface area contributed by atoms with Crippen molar-refractivity contribution in [3.63, 3.8) is 0 Å². The minimum absolute atomic E-state index is 0. The van der Waals surface area contributed by atoms with Crippen LogP contribution in [0.4, 0.5) is 0 Å². The third-order valence-electron chi connectivity index (χ3n) is 5.67. The molecule has 3 atom stereocenters. The normalized spacial score (nSPS) is 29.0. The number of likely N-dealkylation sites (tertiary alicyclic amines) is 1. The minimum Gasteiger partial charge on any atom is -0.373 e. The first-order valence-electron chi connectivity index (χ1n) is 9.11. The molecule has 0 aromatic heterocycles. The average Bonchev–Trinajstić information content (AvgIpc) is 2.57. The summed E-state index contributed by atoms with van der Waals surface area (Å²) in [6, 6.07) is 8.55. The predicted molar refractivity (Wildman–Crippen MR) is 103 cm³/mol. The second kappa shape index (κ2) is 8.07. The maximum Gasteiger partial charge on any atom is 0.228 e. The minimum atomic E-state index is -0.120. The van der Waals surface area contributed by atoms with E-state index in [4.69, 9.17) is 10.5 Å². The van der Waals surface area contributed by atoms with Crippen LogP contribution in [-0.4, -0.2) is 36.5 Å². The smallest absolute Gasteiger partial charge is 0.228 e. The topological polar surface area (TPSA) is 55.6 Å². The molecule has 0 aliphatic carbocycles. The van der Waals surface area contributed by atoms with Crippen LogP contribution < -0.4 is 5.73 Å². The monoisotopic (exact) mass is 366 g/mol. The van der Waals surface area contributed by atoms with Gasteiger partial charge in [0.1, 0.15) is 0 Å². The number of hydrogen-bond donors (Lipinski definition) is 1. The number of benzene rings is 1. The summed E-state index contributed by atoms with van der Waals surface area (Å²) in [5.41, 5.74) is 8.54. The number of hydrogen-bond acceptors (Lipinski definition) is 3.